The Morgan fingerprint density at radius 2 is 2.17 bits per heavy atom. The number of aliphatic hydroxyl groups is 1. The first-order valence-corrected chi connectivity index (χ1v) is 6.35. The summed E-state index contributed by atoms with van der Waals surface area (Å²) in [5.41, 5.74) is 7.30. The highest BCUT2D eigenvalue weighted by Crippen LogP contribution is 2.20. The number of carbonyl (C=O) groups excluding carboxylic acids is 1. The van der Waals surface area contributed by atoms with Crippen molar-refractivity contribution in [2.24, 2.45) is 0 Å². The first-order valence-electron chi connectivity index (χ1n) is 6.35. The summed E-state index contributed by atoms with van der Waals surface area (Å²) in [5.74, 6) is -0.192. The maximum absolute atomic E-state index is 12.3. The molecular formula is C14H22N2O2. The van der Waals surface area contributed by atoms with Crippen molar-refractivity contribution < 1.29 is 9.90 Å². The first kappa shape index (κ1) is 14.5. The minimum Gasteiger partial charge on any atom is -0.399 e. The molecule has 0 bridgehead atoms. The van der Waals surface area contributed by atoms with Crippen LogP contribution in [0, 0.1) is 0 Å². The number of nitrogen functional groups attached to an aromatic ring is 1. The van der Waals surface area contributed by atoms with Crippen LogP contribution in [-0.4, -0.2) is 35.6 Å². The van der Waals surface area contributed by atoms with Crippen molar-refractivity contribution in [3.05, 3.63) is 29.8 Å². The third kappa shape index (κ3) is 3.74. The van der Waals surface area contributed by atoms with Crippen LogP contribution in [0.2, 0.25) is 0 Å². The van der Waals surface area contributed by atoms with E-state index < -0.39 is 0 Å². The fourth-order valence-electron chi connectivity index (χ4n) is 1.97. The average molecular weight is 250 g/mol. The average Bonchev–Trinajstić information content (AvgIpc) is 2.37. The van der Waals surface area contributed by atoms with Gasteiger partial charge < -0.3 is 15.7 Å². The van der Waals surface area contributed by atoms with Crippen LogP contribution in [0.3, 0.4) is 0 Å². The lowest BCUT2D eigenvalue weighted by Gasteiger charge is -2.25. The molecule has 4 nitrogen and oxygen atoms in total. The van der Waals surface area contributed by atoms with Crippen LogP contribution in [0.4, 0.5) is 5.69 Å². The van der Waals surface area contributed by atoms with Crippen molar-refractivity contribution in [3.63, 3.8) is 0 Å². The highest BCUT2D eigenvalue weighted by Gasteiger charge is 2.21. The quantitative estimate of drug-likeness (QED) is 0.754. The van der Waals surface area contributed by atoms with Gasteiger partial charge in [-0.15, -0.1) is 0 Å². The molecule has 0 aromatic heterocycles. The molecule has 0 aliphatic rings. The van der Waals surface area contributed by atoms with Crippen molar-refractivity contribution in [1.82, 2.24) is 4.90 Å². The third-order valence-electron chi connectivity index (χ3n) is 2.96. The lowest BCUT2D eigenvalue weighted by Crippen LogP contribution is -2.37. The van der Waals surface area contributed by atoms with Crippen LogP contribution in [0.25, 0.3) is 0 Å². The Labute approximate surface area is 108 Å². The normalized spacial score (nSPS) is 12.2. The predicted octanol–water partition coefficient (Wildman–Crippen LogP) is 1.60. The van der Waals surface area contributed by atoms with E-state index in [0.29, 0.717) is 18.8 Å². The molecule has 0 heterocycles. The summed E-state index contributed by atoms with van der Waals surface area (Å²) in [6, 6.07) is 7.39. The standard InChI is InChI=1S/C14H22N2O2/c1-3-7-16(8-9-17)14(18)11(2)12-5-4-6-13(15)10-12/h4-6,10-11,17H,3,7-9,15H2,1-2H3. The molecule has 1 unspecified atom stereocenters. The minimum absolute atomic E-state index is 0.00457. The Bertz CT molecular complexity index is 387. The first-order chi connectivity index (χ1) is 8.60. The van der Waals surface area contributed by atoms with Gasteiger partial charge in [0.05, 0.1) is 12.5 Å². The summed E-state index contributed by atoms with van der Waals surface area (Å²) in [6.07, 6.45) is 0.884. The maximum atomic E-state index is 12.3. The number of hydrogen-bond donors (Lipinski definition) is 2. The molecule has 0 radical (unpaired) electrons. The van der Waals surface area contributed by atoms with Gasteiger partial charge in [0.2, 0.25) is 5.91 Å². The highest BCUT2D eigenvalue weighted by atomic mass is 16.3. The van der Waals surface area contributed by atoms with Gasteiger partial charge in [-0.3, -0.25) is 4.79 Å². The van der Waals surface area contributed by atoms with Crippen LogP contribution in [0.1, 0.15) is 31.7 Å². The van der Waals surface area contributed by atoms with E-state index in [1.165, 1.54) is 0 Å². The van der Waals surface area contributed by atoms with Crippen LogP contribution in [0.15, 0.2) is 24.3 Å². The molecule has 0 spiro atoms. The number of aliphatic hydroxyl groups excluding tert-OH is 1. The maximum Gasteiger partial charge on any atom is 0.229 e. The zero-order valence-corrected chi connectivity index (χ0v) is 11.1. The molecule has 1 rings (SSSR count). The molecule has 18 heavy (non-hydrogen) atoms. The second-order valence-corrected chi connectivity index (χ2v) is 4.44. The van der Waals surface area contributed by atoms with Crippen molar-refractivity contribution in [2.75, 3.05) is 25.4 Å². The van der Waals surface area contributed by atoms with E-state index in [1.807, 2.05) is 32.0 Å². The Hall–Kier alpha value is -1.55. The Morgan fingerprint density at radius 1 is 1.44 bits per heavy atom. The van der Waals surface area contributed by atoms with Gasteiger partial charge in [0.25, 0.3) is 0 Å². The van der Waals surface area contributed by atoms with Crippen LogP contribution in [-0.2, 0) is 4.79 Å². The molecular weight excluding hydrogens is 228 g/mol. The Kier molecular flexibility index (Phi) is 5.65. The molecule has 1 aromatic carbocycles. The molecule has 0 saturated heterocycles. The summed E-state index contributed by atoms with van der Waals surface area (Å²) in [5, 5.41) is 8.99. The second kappa shape index (κ2) is 7.01. The van der Waals surface area contributed by atoms with Gasteiger partial charge in [-0.1, -0.05) is 19.1 Å². The molecule has 1 aromatic rings. The number of hydrogen-bond acceptors (Lipinski definition) is 3. The number of nitrogens with zero attached hydrogens (tertiary/aromatic N) is 1. The molecule has 1 amide bonds. The topological polar surface area (TPSA) is 66.6 Å². The van der Waals surface area contributed by atoms with Gasteiger partial charge >= 0.3 is 0 Å². The van der Waals surface area contributed by atoms with Crippen LogP contribution in [0.5, 0.6) is 0 Å². The molecule has 0 fully saturated rings. The largest absolute Gasteiger partial charge is 0.399 e. The number of rotatable bonds is 6. The lowest BCUT2D eigenvalue weighted by atomic mass is 9.99. The Morgan fingerprint density at radius 3 is 2.72 bits per heavy atom. The van der Waals surface area contributed by atoms with E-state index in [2.05, 4.69) is 0 Å². The summed E-state index contributed by atoms with van der Waals surface area (Å²) in [6.45, 7) is 4.95. The molecule has 100 valence electrons. The van der Waals surface area contributed by atoms with Gasteiger partial charge in [-0.2, -0.15) is 0 Å². The highest BCUT2D eigenvalue weighted by molar-refractivity contribution is 5.83. The van der Waals surface area contributed by atoms with E-state index in [-0.39, 0.29) is 18.4 Å². The fraction of sp³-hybridized carbons (Fsp3) is 0.500. The zero-order chi connectivity index (χ0) is 13.5. The van der Waals surface area contributed by atoms with Crippen molar-refractivity contribution in [3.8, 4) is 0 Å². The fourth-order valence-corrected chi connectivity index (χ4v) is 1.97. The monoisotopic (exact) mass is 250 g/mol. The van der Waals surface area contributed by atoms with E-state index in [4.69, 9.17) is 10.8 Å². The molecule has 3 N–H and O–H groups in total. The summed E-state index contributed by atoms with van der Waals surface area (Å²) < 4.78 is 0. The molecule has 0 aliphatic carbocycles. The third-order valence-corrected chi connectivity index (χ3v) is 2.96. The van der Waals surface area contributed by atoms with Gasteiger partial charge in [-0.05, 0) is 31.0 Å². The van der Waals surface area contributed by atoms with Crippen LogP contribution >= 0.6 is 0 Å². The van der Waals surface area contributed by atoms with Gasteiger partial charge in [-0.25, -0.2) is 0 Å². The van der Waals surface area contributed by atoms with Gasteiger partial charge in [0.1, 0.15) is 0 Å². The van der Waals surface area contributed by atoms with Gasteiger partial charge in [0.15, 0.2) is 0 Å². The number of amides is 1. The minimum atomic E-state index is -0.230. The smallest absolute Gasteiger partial charge is 0.229 e. The van der Waals surface area contributed by atoms with Crippen molar-refractivity contribution in [1.29, 1.82) is 0 Å². The van der Waals surface area contributed by atoms with Gasteiger partial charge in [0, 0.05) is 18.8 Å². The summed E-state index contributed by atoms with van der Waals surface area (Å²) >= 11 is 0. The number of nitrogens with two attached hydrogens (primary N) is 1. The lowest BCUT2D eigenvalue weighted by molar-refractivity contribution is -0.133. The predicted molar refractivity (Wildman–Crippen MR) is 73.2 cm³/mol. The molecule has 1 atom stereocenters. The van der Waals surface area contributed by atoms with Crippen LogP contribution < -0.4 is 5.73 Å². The number of benzene rings is 1. The Balaban J connectivity index is 2.81. The second-order valence-electron chi connectivity index (χ2n) is 4.44. The van der Waals surface area contributed by atoms with E-state index in [0.717, 1.165) is 12.0 Å². The zero-order valence-electron chi connectivity index (χ0n) is 11.1. The van der Waals surface area contributed by atoms with E-state index in [9.17, 15) is 4.79 Å². The summed E-state index contributed by atoms with van der Waals surface area (Å²) in [4.78, 5) is 14.0. The SMILES string of the molecule is CCCN(CCO)C(=O)C(C)c1cccc(N)c1. The summed E-state index contributed by atoms with van der Waals surface area (Å²) in [7, 11) is 0. The van der Waals surface area contributed by atoms with Crippen molar-refractivity contribution in [2.45, 2.75) is 26.2 Å². The number of carbonyl (C=O) groups is 1. The molecule has 0 aliphatic heterocycles. The van der Waals surface area contributed by atoms with E-state index >= 15 is 0 Å². The number of anilines is 1. The van der Waals surface area contributed by atoms with Crippen molar-refractivity contribution >= 4 is 11.6 Å². The molecule has 0 saturated carbocycles. The molecule has 4 heteroatoms. The van der Waals surface area contributed by atoms with E-state index in [1.54, 1.807) is 11.0 Å².